The second kappa shape index (κ2) is 6.67. The van der Waals surface area contributed by atoms with Gasteiger partial charge in [0.2, 0.25) is 0 Å². The Morgan fingerprint density at radius 2 is 1.74 bits per heavy atom. The van der Waals surface area contributed by atoms with E-state index in [1.54, 1.807) is 0 Å². The van der Waals surface area contributed by atoms with Gasteiger partial charge in [-0.05, 0) is 17.7 Å². The summed E-state index contributed by atoms with van der Waals surface area (Å²) < 4.78 is 1.97. The Morgan fingerprint density at radius 3 is 2.39 bits per heavy atom. The standard InChI is InChI=1S/C20H16ClNO/c1-2-12-22-13-18(15-8-10-17(21)11-9-15)19(14-22)20(23)16-6-4-3-5-7-16/h2-11,13-14H,1,12H2. The summed E-state index contributed by atoms with van der Waals surface area (Å²) in [6.07, 6.45) is 5.66. The SMILES string of the molecule is C=CCn1cc(C(=O)c2ccccc2)c(-c2ccc(Cl)cc2)c1. The van der Waals surface area contributed by atoms with E-state index in [9.17, 15) is 4.79 Å². The summed E-state index contributed by atoms with van der Waals surface area (Å²) in [6, 6.07) is 16.8. The largest absolute Gasteiger partial charge is 0.349 e. The van der Waals surface area contributed by atoms with Crippen LogP contribution in [-0.2, 0) is 6.54 Å². The molecule has 0 unspecified atom stereocenters. The molecule has 0 radical (unpaired) electrons. The summed E-state index contributed by atoms with van der Waals surface area (Å²) in [4.78, 5) is 12.9. The van der Waals surface area contributed by atoms with E-state index >= 15 is 0 Å². The molecule has 2 aromatic carbocycles. The lowest BCUT2D eigenvalue weighted by atomic mass is 9.98. The number of allylic oxidation sites excluding steroid dienone is 1. The molecule has 3 aromatic rings. The summed E-state index contributed by atoms with van der Waals surface area (Å²) in [6.45, 7) is 4.41. The van der Waals surface area contributed by atoms with Gasteiger partial charge in [-0.25, -0.2) is 0 Å². The summed E-state index contributed by atoms with van der Waals surface area (Å²) >= 11 is 5.97. The zero-order valence-corrected chi connectivity index (χ0v) is 13.3. The minimum Gasteiger partial charge on any atom is -0.349 e. The lowest BCUT2D eigenvalue weighted by Crippen LogP contribution is -2.01. The van der Waals surface area contributed by atoms with E-state index in [1.807, 2.05) is 77.6 Å². The predicted molar refractivity (Wildman–Crippen MR) is 94.9 cm³/mol. The van der Waals surface area contributed by atoms with Gasteiger partial charge < -0.3 is 4.57 Å². The van der Waals surface area contributed by atoms with Crippen LogP contribution < -0.4 is 0 Å². The van der Waals surface area contributed by atoms with Crippen molar-refractivity contribution in [3.8, 4) is 11.1 Å². The highest BCUT2D eigenvalue weighted by atomic mass is 35.5. The van der Waals surface area contributed by atoms with E-state index < -0.39 is 0 Å². The van der Waals surface area contributed by atoms with Crippen LogP contribution in [0.1, 0.15) is 15.9 Å². The maximum Gasteiger partial charge on any atom is 0.195 e. The second-order valence-electron chi connectivity index (χ2n) is 5.27. The molecule has 0 saturated heterocycles. The molecule has 0 bridgehead atoms. The monoisotopic (exact) mass is 321 g/mol. The van der Waals surface area contributed by atoms with Gasteiger partial charge in [0, 0.05) is 40.7 Å². The van der Waals surface area contributed by atoms with Crippen LogP contribution in [0.5, 0.6) is 0 Å². The zero-order valence-electron chi connectivity index (χ0n) is 12.6. The van der Waals surface area contributed by atoms with Gasteiger partial charge in [-0.2, -0.15) is 0 Å². The van der Waals surface area contributed by atoms with Crippen molar-refractivity contribution in [2.24, 2.45) is 0 Å². The highest BCUT2D eigenvalue weighted by Crippen LogP contribution is 2.28. The number of aromatic nitrogens is 1. The maximum absolute atomic E-state index is 12.9. The van der Waals surface area contributed by atoms with Crippen LogP contribution in [-0.4, -0.2) is 10.4 Å². The van der Waals surface area contributed by atoms with Crippen molar-refractivity contribution in [2.45, 2.75) is 6.54 Å². The van der Waals surface area contributed by atoms with Crippen molar-refractivity contribution in [2.75, 3.05) is 0 Å². The average molecular weight is 322 g/mol. The normalized spacial score (nSPS) is 10.5. The van der Waals surface area contributed by atoms with Gasteiger partial charge in [-0.1, -0.05) is 60.1 Å². The number of ketones is 1. The lowest BCUT2D eigenvalue weighted by Gasteiger charge is -2.04. The zero-order chi connectivity index (χ0) is 16.2. The van der Waals surface area contributed by atoms with Crippen LogP contribution in [0.25, 0.3) is 11.1 Å². The molecule has 3 heteroatoms. The molecule has 0 atom stereocenters. The lowest BCUT2D eigenvalue weighted by molar-refractivity contribution is 0.103. The third kappa shape index (κ3) is 3.27. The van der Waals surface area contributed by atoms with Crippen molar-refractivity contribution < 1.29 is 4.79 Å². The smallest absolute Gasteiger partial charge is 0.195 e. The summed E-state index contributed by atoms with van der Waals surface area (Å²) in [5.74, 6) is 0.0124. The van der Waals surface area contributed by atoms with Crippen molar-refractivity contribution in [3.05, 3.63) is 95.8 Å². The molecule has 0 N–H and O–H groups in total. The van der Waals surface area contributed by atoms with E-state index in [4.69, 9.17) is 11.6 Å². The first-order valence-corrected chi connectivity index (χ1v) is 7.73. The molecule has 1 aromatic heterocycles. The van der Waals surface area contributed by atoms with Gasteiger partial charge in [-0.15, -0.1) is 6.58 Å². The van der Waals surface area contributed by atoms with Crippen LogP contribution >= 0.6 is 11.6 Å². The van der Waals surface area contributed by atoms with Crippen LogP contribution in [0.2, 0.25) is 5.02 Å². The predicted octanol–water partition coefficient (Wildman–Crippen LogP) is 5.23. The minimum absolute atomic E-state index is 0.0124. The number of benzene rings is 2. The van der Waals surface area contributed by atoms with Gasteiger partial charge >= 0.3 is 0 Å². The molecule has 0 aliphatic rings. The van der Waals surface area contributed by atoms with Gasteiger partial charge in [-0.3, -0.25) is 4.79 Å². The molecular formula is C20H16ClNO. The Bertz CT molecular complexity index is 832. The number of carbonyl (C=O) groups is 1. The van der Waals surface area contributed by atoms with E-state index in [-0.39, 0.29) is 5.78 Å². The molecule has 114 valence electrons. The Balaban J connectivity index is 2.09. The molecule has 1 heterocycles. The molecule has 0 saturated carbocycles. The average Bonchev–Trinajstić information content (AvgIpc) is 3.00. The summed E-state index contributed by atoms with van der Waals surface area (Å²) in [7, 11) is 0. The summed E-state index contributed by atoms with van der Waals surface area (Å²) in [5.41, 5.74) is 3.23. The molecule has 3 rings (SSSR count). The van der Waals surface area contributed by atoms with Gasteiger partial charge in [0.15, 0.2) is 5.78 Å². The Hall–Kier alpha value is -2.58. The van der Waals surface area contributed by atoms with E-state index in [2.05, 4.69) is 6.58 Å². The Labute approximate surface area is 140 Å². The molecule has 0 spiro atoms. The molecule has 0 aliphatic heterocycles. The minimum atomic E-state index is 0.0124. The topological polar surface area (TPSA) is 22.0 Å². The van der Waals surface area contributed by atoms with E-state index in [0.717, 1.165) is 11.1 Å². The first kappa shape index (κ1) is 15.3. The molecule has 2 nitrogen and oxygen atoms in total. The van der Waals surface area contributed by atoms with Crippen molar-refractivity contribution in [1.82, 2.24) is 4.57 Å². The Kier molecular flexibility index (Phi) is 4.45. The second-order valence-corrected chi connectivity index (χ2v) is 5.71. The molecule has 0 aliphatic carbocycles. The first-order valence-electron chi connectivity index (χ1n) is 7.35. The fourth-order valence-electron chi connectivity index (χ4n) is 2.55. The Morgan fingerprint density at radius 1 is 1.04 bits per heavy atom. The molecule has 0 fully saturated rings. The number of rotatable bonds is 5. The van der Waals surface area contributed by atoms with Crippen molar-refractivity contribution in [3.63, 3.8) is 0 Å². The van der Waals surface area contributed by atoms with Gasteiger partial charge in [0.25, 0.3) is 0 Å². The number of hydrogen-bond donors (Lipinski definition) is 0. The fraction of sp³-hybridized carbons (Fsp3) is 0.0500. The van der Waals surface area contributed by atoms with Crippen LogP contribution in [0, 0.1) is 0 Å². The summed E-state index contributed by atoms with van der Waals surface area (Å²) in [5, 5.41) is 0.676. The first-order chi connectivity index (χ1) is 11.2. The number of halogens is 1. The quantitative estimate of drug-likeness (QED) is 0.466. The highest BCUT2D eigenvalue weighted by molar-refractivity contribution is 6.30. The molecular weight excluding hydrogens is 306 g/mol. The highest BCUT2D eigenvalue weighted by Gasteiger charge is 2.17. The third-order valence-corrected chi connectivity index (χ3v) is 3.91. The third-order valence-electron chi connectivity index (χ3n) is 3.66. The molecule has 0 amide bonds. The van der Waals surface area contributed by atoms with Crippen LogP contribution in [0.4, 0.5) is 0 Å². The molecule has 23 heavy (non-hydrogen) atoms. The van der Waals surface area contributed by atoms with Crippen LogP contribution in [0.15, 0.2) is 79.6 Å². The number of hydrogen-bond acceptors (Lipinski definition) is 1. The van der Waals surface area contributed by atoms with Crippen molar-refractivity contribution >= 4 is 17.4 Å². The fourth-order valence-corrected chi connectivity index (χ4v) is 2.67. The van der Waals surface area contributed by atoms with Gasteiger partial charge in [0.1, 0.15) is 0 Å². The number of carbonyl (C=O) groups excluding carboxylic acids is 1. The van der Waals surface area contributed by atoms with E-state index in [0.29, 0.717) is 22.7 Å². The van der Waals surface area contributed by atoms with Crippen LogP contribution in [0.3, 0.4) is 0 Å². The van der Waals surface area contributed by atoms with Crippen molar-refractivity contribution in [1.29, 1.82) is 0 Å². The maximum atomic E-state index is 12.9. The van der Waals surface area contributed by atoms with Gasteiger partial charge in [0.05, 0.1) is 0 Å². The number of nitrogens with zero attached hydrogens (tertiary/aromatic N) is 1. The van der Waals surface area contributed by atoms with E-state index in [1.165, 1.54) is 0 Å².